The third-order valence-electron chi connectivity index (χ3n) is 8.85. The second-order valence-corrected chi connectivity index (χ2v) is 18.7. The van der Waals surface area contributed by atoms with Crippen LogP contribution >= 0.6 is 12.4 Å². The Morgan fingerprint density at radius 3 is 2.20 bits per heavy atom. The summed E-state index contributed by atoms with van der Waals surface area (Å²) in [7, 11) is -7.28. The van der Waals surface area contributed by atoms with Gasteiger partial charge in [0.25, 0.3) is 0 Å². The fourth-order valence-corrected chi connectivity index (χ4v) is 7.70. The summed E-state index contributed by atoms with van der Waals surface area (Å²) in [5.74, 6) is -2.38. The molecule has 0 aliphatic heterocycles. The third-order valence-corrected chi connectivity index (χ3v) is 12.2. The molecular formula is C33H54ClN5O8S2. The van der Waals surface area contributed by atoms with E-state index in [2.05, 4.69) is 25.3 Å². The Bertz CT molecular complexity index is 1510. The number of aliphatic hydroxyl groups is 2. The average Bonchev–Trinajstić information content (AvgIpc) is 3.52. The normalized spacial score (nSPS) is 17.6. The van der Waals surface area contributed by atoms with Crippen molar-refractivity contribution in [2.45, 2.75) is 108 Å². The zero-order valence-electron chi connectivity index (χ0n) is 28.8. The first-order valence-corrected chi connectivity index (χ1v) is 20.1. The summed E-state index contributed by atoms with van der Waals surface area (Å²) in [5, 5.41) is 27.4. The molecule has 1 aromatic heterocycles. The molecule has 49 heavy (non-hydrogen) atoms. The Labute approximate surface area is 297 Å². The van der Waals surface area contributed by atoms with E-state index in [-0.39, 0.29) is 44.1 Å². The number of halogens is 1. The van der Waals surface area contributed by atoms with Gasteiger partial charge in [-0.1, -0.05) is 62.4 Å². The number of rotatable bonds is 18. The first-order valence-electron chi connectivity index (χ1n) is 16.6. The topological polar surface area (TPSA) is 208 Å². The number of carbonyl (C=O) groups excluding carboxylic acids is 2. The maximum Gasteiger partial charge on any atom is 0.243 e. The van der Waals surface area contributed by atoms with E-state index < -0.39 is 72.4 Å². The van der Waals surface area contributed by atoms with Gasteiger partial charge >= 0.3 is 0 Å². The maximum absolute atomic E-state index is 14.0. The SMILES string of the molecule is CC(C)(C)S(=O)(=O)CC(Cc1ccccc1)C(=O)N[C@@H](Cc1c[nH]cn1)C(=O)N[C@@H](CC1CCCCC1)[C@@H](O)C[C@H](O)CNS(C)(=O)=O.Cl. The number of aliphatic hydroxyl groups excluding tert-OH is 2. The first kappa shape index (κ1) is 42.6. The number of hydrogen-bond donors (Lipinski definition) is 6. The monoisotopic (exact) mass is 747 g/mol. The molecule has 16 heteroatoms. The largest absolute Gasteiger partial charge is 0.392 e. The molecule has 1 aliphatic carbocycles. The molecule has 5 atom stereocenters. The van der Waals surface area contributed by atoms with Gasteiger partial charge in [-0.05, 0) is 45.1 Å². The Balaban J connectivity index is 0.00000833. The van der Waals surface area contributed by atoms with E-state index in [1.54, 1.807) is 27.0 Å². The van der Waals surface area contributed by atoms with E-state index in [1.807, 2.05) is 30.3 Å². The highest BCUT2D eigenvalue weighted by Crippen LogP contribution is 2.29. The molecule has 13 nitrogen and oxygen atoms in total. The number of amides is 2. The molecule has 1 aromatic carbocycles. The van der Waals surface area contributed by atoms with E-state index in [4.69, 9.17) is 0 Å². The minimum atomic E-state index is -3.72. The molecule has 6 N–H and O–H groups in total. The summed E-state index contributed by atoms with van der Waals surface area (Å²) in [6.07, 6.45) is 6.99. The van der Waals surface area contributed by atoms with Gasteiger partial charge < -0.3 is 25.8 Å². The van der Waals surface area contributed by atoms with Gasteiger partial charge in [0.15, 0.2) is 9.84 Å². The number of nitrogens with one attached hydrogen (secondary N) is 4. The van der Waals surface area contributed by atoms with E-state index in [1.165, 1.54) is 6.33 Å². The van der Waals surface area contributed by atoms with Crippen molar-refractivity contribution in [1.82, 2.24) is 25.3 Å². The molecule has 278 valence electrons. The van der Waals surface area contributed by atoms with Gasteiger partial charge in [-0.15, -0.1) is 12.4 Å². The van der Waals surface area contributed by atoms with Crippen LogP contribution in [0.25, 0.3) is 0 Å². The number of carbonyl (C=O) groups is 2. The summed E-state index contributed by atoms with van der Waals surface area (Å²) in [4.78, 5) is 34.9. The lowest BCUT2D eigenvalue weighted by molar-refractivity contribution is -0.131. The quantitative estimate of drug-likeness (QED) is 0.132. The molecular weight excluding hydrogens is 694 g/mol. The molecule has 0 saturated heterocycles. The van der Waals surface area contributed by atoms with Gasteiger partial charge in [0.05, 0.1) is 52.9 Å². The van der Waals surface area contributed by atoms with Crippen LogP contribution in [0.2, 0.25) is 0 Å². The van der Waals surface area contributed by atoms with Crippen LogP contribution in [-0.4, -0.2) is 96.4 Å². The van der Waals surface area contributed by atoms with Crippen molar-refractivity contribution >= 4 is 44.1 Å². The number of imidazole rings is 1. The lowest BCUT2D eigenvalue weighted by Crippen LogP contribution is -2.55. The zero-order valence-corrected chi connectivity index (χ0v) is 31.2. The highest BCUT2D eigenvalue weighted by Gasteiger charge is 2.37. The Morgan fingerprint density at radius 1 is 0.980 bits per heavy atom. The van der Waals surface area contributed by atoms with Crippen molar-refractivity contribution in [2.75, 3.05) is 18.6 Å². The maximum atomic E-state index is 14.0. The molecule has 1 saturated carbocycles. The Morgan fingerprint density at radius 2 is 1.63 bits per heavy atom. The number of aromatic amines is 1. The Hall–Kier alpha value is -2.56. The minimum absolute atomic E-state index is 0. The molecule has 2 aromatic rings. The van der Waals surface area contributed by atoms with Crippen molar-refractivity contribution in [3.05, 3.63) is 54.1 Å². The molecule has 0 radical (unpaired) electrons. The second-order valence-electron chi connectivity index (χ2n) is 14.0. The molecule has 2 amide bonds. The van der Waals surface area contributed by atoms with Crippen molar-refractivity contribution in [3.8, 4) is 0 Å². The highest BCUT2D eigenvalue weighted by molar-refractivity contribution is 7.92. The van der Waals surface area contributed by atoms with Crippen LogP contribution in [0.5, 0.6) is 0 Å². The molecule has 1 fully saturated rings. The van der Waals surface area contributed by atoms with Crippen LogP contribution < -0.4 is 15.4 Å². The number of sulfone groups is 1. The summed E-state index contributed by atoms with van der Waals surface area (Å²) in [6, 6.07) is 7.12. The van der Waals surface area contributed by atoms with Crippen molar-refractivity contribution in [2.24, 2.45) is 11.8 Å². The predicted molar refractivity (Wildman–Crippen MR) is 191 cm³/mol. The van der Waals surface area contributed by atoms with Crippen molar-refractivity contribution in [1.29, 1.82) is 0 Å². The summed E-state index contributed by atoms with van der Waals surface area (Å²) in [6.45, 7) is 4.46. The minimum Gasteiger partial charge on any atom is -0.392 e. The summed E-state index contributed by atoms with van der Waals surface area (Å²) >= 11 is 0. The number of sulfonamides is 1. The number of aromatic nitrogens is 2. The van der Waals surface area contributed by atoms with Crippen LogP contribution in [-0.2, 0) is 42.3 Å². The zero-order chi connectivity index (χ0) is 35.5. The summed E-state index contributed by atoms with van der Waals surface area (Å²) in [5.41, 5.74) is 1.26. The number of nitrogens with zero attached hydrogens (tertiary/aromatic N) is 1. The van der Waals surface area contributed by atoms with Gasteiger partial charge in [0, 0.05) is 25.6 Å². The van der Waals surface area contributed by atoms with Crippen LogP contribution in [0, 0.1) is 11.8 Å². The van der Waals surface area contributed by atoms with E-state index in [0.29, 0.717) is 12.1 Å². The van der Waals surface area contributed by atoms with Crippen molar-refractivity contribution < 1.29 is 36.6 Å². The van der Waals surface area contributed by atoms with E-state index >= 15 is 0 Å². The van der Waals surface area contributed by atoms with Crippen LogP contribution in [0.15, 0.2) is 42.9 Å². The molecule has 1 heterocycles. The lowest BCUT2D eigenvalue weighted by atomic mass is 9.83. The molecule has 0 spiro atoms. The van der Waals surface area contributed by atoms with Crippen LogP contribution in [0.3, 0.4) is 0 Å². The second kappa shape index (κ2) is 19.2. The van der Waals surface area contributed by atoms with E-state index in [0.717, 1.165) is 43.9 Å². The molecule has 1 aliphatic rings. The van der Waals surface area contributed by atoms with Crippen molar-refractivity contribution in [3.63, 3.8) is 0 Å². The third kappa shape index (κ3) is 14.7. The fraction of sp³-hybridized carbons (Fsp3) is 0.667. The highest BCUT2D eigenvalue weighted by atomic mass is 35.5. The van der Waals surface area contributed by atoms with Gasteiger partial charge in [-0.25, -0.2) is 26.5 Å². The summed E-state index contributed by atoms with van der Waals surface area (Å²) < 4.78 is 50.7. The standard InChI is InChI=1S/C33H53N5O8S2.ClH/c1-33(2,3)48(45,46)21-25(15-23-11-7-5-8-12-23)31(41)38-29(17-26-19-34-22-35-26)32(42)37-28(16-24-13-9-6-10-14-24)30(40)18-27(39)20-36-47(4,43)44;/h5,7-8,11-12,19,22,24-25,27-30,36,39-40H,6,9-10,13-18,20-21H2,1-4H3,(H,34,35)(H,37,42)(H,38,41);1H/t25?,27-,28-,29-,30-;/m0./s1. The Kier molecular flexibility index (Phi) is 16.7. The fourth-order valence-electron chi connectivity index (χ4n) is 5.90. The number of hydrogen-bond acceptors (Lipinski definition) is 9. The van der Waals surface area contributed by atoms with Gasteiger partial charge in [-0.2, -0.15) is 0 Å². The number of benzene rings is 1. The molecule has 1 unspecified atom stereocenters. The average molecular weight is 748 g/mol. The molecule has 3 rings (SSSR count). The van der Waals surface area contributed by atoms with Gasteiger partial charge in [0.1, 0.15) is 6.04 Å². The lowest BCUT2D eigenvalue weighted by Gasteiger charge is -2.32. The predicted octanol–water partition coefficient (Wildman–Crippen LogP) is 2.05. The van der Waals surface area contributed by atoms with Crippen LogP contribution in [0.1, 0.15) is 77.0 Å². The van der Waals surface area contributed by atoms with Crippen LogP contribution in [0.4, 0.5) is 0 Å². The van der Waals surface area contributed by atoms with Gasteiger partial charge in [-0.3, -0.25) is 9.59 Å². The van der Waals surface area contributed by atoms with Gasteiger partial charge in [0.2, 0.25) is 21.8 Å². The smallest absolute Gasteiger partial charge is 0.243 e. The first-order chi connectivity index (χ1) is 22.4. The molecule has 0 bridgehead atoms. The van der Waals surface area contributed by atoms with E-state index in [9.17, 15) is 36.6 Å². The number of H-pyrrole nitrogens is 1.